The van der Waals surface area contributed by atoms with Gasteiger partial charge in [0, 0.05) is 42.0 Å². The van der Waals surface area contributed by atoms with Crippen LogP contribution in [0, 0.1) is 40.4 Å². The highest BCUT2D eigenvalue weighted by molar-refractivity contribution is 8.00. The van der Waals surface area contributed by atoms with Crippen molar-refractivity contribution in [1.82, 2.24) is 26.6 Å². The fraction of sp³-hybridized carbons (Fsp3) is 0.679. The maximum atomic E-state index is 14.4. The predicted octanol–water partition coefficient (Wildman–Crippen LogP) is 6.72. The van der Waals surface area contributed by atoms with Crippen LogP contribution in [0.15, 0.2) is 60.7 Å². The average Bonchev–Trinajstić information content (AvgIpc) is 3.67. The number of nitrogens with one attached hydrogen (secondary N) is 5. The predicted molar refractivity (Wildman–Crippen MR) is 287 cm³/mol. The normalized spacial score (nSPS) is 27.3. The zero-order chi connectivity index (χ0) is 52.1. The van der Waals surface area contributed by atoms with Crippen LogP contribution in [0.5, 0.6) is 0 Å². The Morgan fingerprint density at radius 2 is 1.24 bits per heavy atom. The third-order valence-electron chi connectivity index (χ3n) is 15.9. The molecule has 398 valence electrons. The Morgan fingerprint density at radius 3 is 1.74 bits per heavy atom. The second-order valence-electron chi connectivity index (χ2n) is 22.4. The van der Waals surface area contributed by atoms with Gasteiger partial charge in [-0.05, 0) is 98.9 Å². The molecule has 14 nitrogen and oxygen atoms in total. The van der Waals surface area contributed by atoms with Gasteiger partial charge in [-0.25, -0.2) is 0 Å². The van der Waals surface area contributed by atoms with E-state index in [0.29, 0.717) is 45.7 Å². The minimum atomic E-state index is -0.905. The van der Waals surface area contributed by atoms with Crippen LogP contribution in [0.4, 0.5) is 0 Å². The van der Waals surface area contributed by atoms with E-state index in [2.05, 4.69) is 54.3 Å². The summed E-state index contributed by atoms with van der Waals surface area (Å²) in [5, 5.41) is 15.5. The van der Waals surface area contributed by atoms with Crippen LogP contribution in [0.1, 0.15) is 128 Å². The van der Waals surface area contributed by atoms with Crippen molar-refractivity contribution in [2.75, 3.05) is 58.6 Å². The van der Waals surface area contributed by atoms with Gasteiger partial charge in [-0.2, -0.15) is 23.5 Å². The number of hydrogen-bond donors (Lipinski definition) is 6. The van der Waals surface area contributed by atoms with Gasteiger partial charge in [0.25, 0.3) is 0 Å². The van der Waals surface area contributed by atoms with E-state index in [9.17, 15) is 28.8 Å². The number of ketones is 2. The minimum Gasteiger partial charge on any atom is -0.379 e. The molecule has 72 heavy (non-hydrogen) atoms. The molecule has 2 aromatic rings. The van der Waals surface area contributed by atoms with Crippen LogP contribution in [0.3, 0.4) is 0 Å². The quantitative estimate of drug-likeness (QED) is 0.0544. The van der Waals surface area contributed by atoms with Crippen molar-refractivity contribution in [2.24, 2.45) is 46.2 Å². The molecular formula is C56H84N6O8S2. The number of nitrogens with two attached hydrogens (primary N) is 1. The van der Waals surface area contributed by atoms with Crippen molar-refractivity contribution in [3.05, 3.63) is 71.8 Å². The number of rotatable bonds is 26. The van der Waals surface area contributed by atoms with Crippen molar-refractivity contribution < 1.29 is 38.2 Å². The lowest BCUT2D eigenvalue weighted by Gasteiger charge is -2.32. The van der Waals surface area contributed by atoms with Crippen molar-refractivity contribution >= 4 is 58.7 Å². The lowest BCUT2D eigenvalue weighted by molar-refractivity contribution is -0.137. The Labute approximate surface area is 437 Å². The lowest BCUT2D eigenvalue weighted by atomic mass is 9.75. The van der Waals surface area contributed by atoms with Gasteiger partial charge in [0.1, 0.15) is 5.78 Å². The molecule has 11 atom stereocenters. The number of carbonyl (C=O) groups is 6. The zero-order valence-electron chi connectivity index (χ0n) is 43.9. The molecule has 2 heterocycles. The molecule has 16 heteroatoms. The summed E-state index contributed by atoms with van der Waals surface area (Å²) in [5.41, 5.74) is 5.97. The molecular weight excluding hydrogens is 949 g/mol. The van der Waals surface area contributed by atoms with Gasteiger partial charge in [-0.3, -0.25) is 28.8 Å². The van der Waals surface area contributed by atoms with Gasteiger partial charge in [0.2, 0.25) is 23.6 Å². The fourth-order valence-corrected chi connectivity index (χ4v) is 15.5. The summed E-state index contributed by atoms with van der Waals surface area (Å²) in [6, 6.07) is 18.4. The highest BCUT2D eigenvalue weighted by atomic mass is 32.2. The topological polar surface area (TPSA) is 207 Å². The first-order chi connectivity index (χ1) is 34.4. The molecule has 0 aromatic heterocycles. The molecule has 2 aliphatic carbocycles. The SMILES string of the molecule is CNCC(=O)N[C@H]1CCS[C@H]2CC(C)(C)[C@@H](C(=O)N[C@H](COCCCCCCCCOC[C@@H](NC(=O)[C@H]3C4C(=O)CC(CC(C)(NC)C(N)=O)CS[C@H]4CC3(C)C)c3ccccc3)c3ccccc3)C2C1=O. The molecule has 4 aliphatic rings. The number of thioether (sulfide) groups is 2. The summed E-state index contributed by atoms with van der Waals surface area (Å²) in [6.07, 6.45) is 8.81. The van der Waals surface area contributed by atoms with E-state index in [0.717, 1.165) is 74.0 Å². The van der Waals surface area contributed by atoms with Gasteiger partial charge < -0.3 is 41.8 Å². The maximum absolute atomic E-state index is 14.4. The zero-order valence-corrected chi connectivity index (χ0v) is 45.6. The first-order valence-electron chi connectivity index (χ1n) is 26.5. The standard InChI is InChI=1S/C56H84N6O8S2/c1-54(2)30-43-46(42(63)28-36(35-72-43)29-56(5,59-7)53(57)68)48(54)51(66)61-40(37-20-14-12-15-21-37)33-69-25-18-10-8-9-11-19-26-70-34-41(38-22-16-13-17-23-38)62-52(67)49-47-44(31-55(49,3)4)71-27-24-39(50(47)65)60-45(64)32-58-6/h12-17,20-23,36,39-41,43-44,46-49,58-59H,8-11,18-19,24-35H2,1-7H3,(H2,57,68)(H,60,64)(H,61,66)(H,62,67)/t36?,39-,40+,41+,43-,44-,46?,47?,48+,49+,56?/m0/s1. The average molecular weight is 1030 g/mol. The molecule has 4 fully saturated rings. The molecule has 4 unspecified atom stereocenters. The summed E-state index contributed by atoms with van der Waals surface area (Å²) in [7, 11) is 3.42. The van der Waals surface area contributed by atoms with E-state index >= 15 is 0 Å². The largest absolute Gasteiger partial charge is 0.379 e. The second-order valence-corrected chi connectivity index (χ2v) is 25.0. The Balaban J connectivity index is 0.929. The Hall–Kier alpha value is -3.80. The van der Waals surface area contributed by atoms with Gasteiger partial charge >= 0.3 is 0 Å². The highest BCUT2D eigenvalue weighted by Crippen LogP contribution is 2.55. The molecule has 0 radical (unpaired) electrons. The fourth-order valence-electron chi connectivity index (χ4n) is 11.9. The molecule has 6 rings (SSSR count). The summed E-state index contributed by atoms with van der Waals surface area (Å²) < 4.78 is 12.5. The number of primary amides is 1. The van der Waals surface area contributed by atoms with Crippen molar-refractivity contribution in [3.63, 3.8) is 0 Å². The molecule has 0 bridgehead atoms. The van der Waals surface area contributed by atoms with Crippen molar-refractivity contribution in [1.29, 1.82) is 0 Å². The molecule has 7 N–H and O–H groups in total. The number of carbonyl (C=O) groups excluding carboxylic acids is 6. The Bertz CT molecular complexity index is 2130. The maximum Gasteiger partial charge on any atom is 0.237 e. The minimum absolute atomic E-state index is 0.0161. The van der Waals surface area contributed by atoms with Gasteiger partial charge in [-0.1, -0.05) is 114 Å². The molecule has 2 saturated heterocycles. The van der Waals surface area contributed by atoms with E-state index in [1.807, 2.05) is 60.7 Å². The van der Waals surface area contributed by atoms with E-state index in [-0.39, 0.29) is 69.7 Å². The summed E-state index contributed by atoms with van der Waals surface area (Å²) in [5.74, 6) is -1.26. The number of benzene rings is 2. The number of hydrogen-bond acceptors (Lipinski definition) is 12. The van der Waals surface area contributed by atoms with E-state index < -0.39 is 46.6 Å². The van der Waals surface area contributed by atoms with E-state index in [1.165, 1.54) is 0 Å². The highest BCUT2D eigenvalue weighted by Gasteiger charge is 2.58. The summed E-state index contributed by atoms with van der Waals surface area (Å²) in [4.78, 5) is 81.6. The first-order valence-corrected chi connectivity index (χ1v) is 28.6. The van der Waals surface area contributed by atoms with Gasteiger partial charge in [0.15, 0.2) is 5.78 Å². The van der Waals surface area contributed by atoms with Crippen LogP contribution in [0.2, 0.25) is 0 Å². The van der Waals surface area contributed by atoms with Crippen LogP contribution < -0.4 is 32.3 Å². The summed E-state index contributed by atoms with van der Waals surface area (Å²) in [6.45, 7) is 12.1. The van der Waals surface area contributed by atoms with Crippen LogP contribution in [0.25, 0.3) is 0 Å². The molecule has 4 amide bonds. The number of likely N-dealkylation sites (N-methyl/N-ethyl adjacent to an activating group) is 2. The molecule has 2 aliphatic heterocycles. The number of Topliss-reactive ketones (excluding diaryl/α,β-unsaturated/α-hetero) is 2. The first kappa shape index (κ1) is 57.5. The van der Waals surface area contributed by atoms with Crippen LogP contribution in [-0.2, 0) is 38.2 Å². The second kappa shape index (κ2) is 26.6. The number of ether oxygens (including phenoxy) is 2. The summed E-state index contributed by atoms with van der Waals surface area (Å²) >= 11 is 3.52. The monoisotopic (exact) mass is 1030 g/mol. The molecule has 2 saturated carbocycles. The number of amides is 4. The van der Waals surface area contributed by atoms with E-state index in [4.69, 9.17) is 15.2 Å². The van der Waals surface area contributed by atoms with E-state index in [1.54, 1.807) is 44.5 Å². The van der Waals surface area contributed by atoms with Gasteiger partial charge in [-0.15, -0.1) is 0 Å². The number of fused-ring (bicyclic) bond motifs is 2. The molecule has 0 spiro atoms. The van der Waals surface area contributed by atoms with Crippen molar-refractivity contribution in [2.45, 2.75) is 139 Å². The smallest absolute Gasteiger partial charge is 0.237 e. The van der Waals surface area contributed by atoms with Crippen LogP contribution in [-0.4, -0.2) is 116 Å². The molecule has 2 aromatic carbocycles. The lowest BCUT2D eigenvalue weighted by Crippen LogP contribution is -2.53. The van der Waals surface area contributed by atoms with Crippen LogP contribution >= 0.6 is 23.5 Å². The van der Waals surface area contributed by atoms with Crippen molar-refractivity contribution in [3.8, 4) is 0 Å². The number of unbranched alkanes of at least 4 members (excludes halogenated alkanes) is 5. The Morgan fingerprint density at radius 1 is 0.736 bits per heavy atom. The third kappa shape index (κ3) is 15.0. The van der Waals surface area contributed by atoms with Gasteiger partial charge in [0.05, 0.1) is 55.3 Å². The Kier molecular flexibility index (Phi) is 21.2. The third-order valence-corrected chi connectivity index (χ3v) is 18.9.